The molecule has 5 nitrogen and oxygen atoms in total. The van der Waals surface area contributed by atoms with E-state index < -0.39 is 0 Å². The molecule has 0 spiro atoms. The minimum absolute atomic E-state index is 0.155. The van der Waals surface area contributed by atoms with E-state index in [0.717, 1.165) is 26.8 Å². The van der Waals surface area contributed by atoms with Crippen molar-refractivity contribution in [2.45, 2.75) is 13.5 Å². The number of hydrogen-bond acceptors (Lipinski definition) is 4. The molecule has 0 saturated carbocycles. The summed E-state index contributed by atoms with van der Waals surface area (Å²) in [6.07, 6.45) is 1.91. The number of halogens is 3. The minimum Gasteiger partial charge on any atom is -0.482 e. The van der Waals surface area contributed by atoms with Crippen molar-refractivity contribution < 1.29 is 13.9 Å². The lowest BCUT2D eigenvalue weighted by Crippen LogP contribution is -2.28. The number of imidazole rings is 1. The Kier molecular flexibility index (Phi) is 5.94. The average molecular weight is 464 g/mol. The third-order valence-corrected chi connectivity index (χ3v) is 6.18. The molecule has 4 rings (SSSR count). The number of ether oxygens (including phenoxy) is 1. The van der Waals surface area contributed by atoms with Crippen LogP contribution in [0.4, 0.5) is 4.39 Å². The SMILES string of the molecule is Cc1c(CNC(=O)COc2ccc(Cl)cc2Cl)sc2nc(-c3ccc(F)cc3)cn12. The fourth-order valence-corrected chi connectivity index (χ4v) is 4.39. The number of carbonyl (C=O) groups is 1. The van der Waals surface area contributed by atoms with Gasteiger partial charge in [0.15, 0.2) is 11.6 Å². The minimum atomic E-state index is -0.281. The number of nitrogens with one attached hydrogen (secondary N) is 1. The van der Waals surface area contributed by atoms with Gasteiger partial charge in [-0.3, -0.25) is 9.20 Å². The summed E-state index contributed by atoms with van der Waals surface area (Å²) in [6.45, 7) is 2.17. The van der Waals surface area contributed by atoms with Crippen molar-refractivity contribution in [2.75, 3.05) is 6.61 Å². The Morgan fingerprint density at radius 3 is 2.70 bits per heavy atom. The molecule has 0 aliphatic carbocycles. The van der Waals surface area contributed by atoms with Gasteiger partial charge in [-0.2, -0.15) is 0 Å². The number of fused-ring (bicyclic) bond motifs is 1. The highest BCUT2D eigenvalue weighted by Gasteiger charge is 2.14. The van der Waals surface area contributed by atoms with Crippen molar-refractivity contribution in [1.82, 2.24) is 14.7 Å². The van der Waals surface area contributed by atoms with Gasteiger partial charge in [-0.25, -0.2) is 9.37 Å². The molecule has 0 saturated heterocycles. The van der Waals surface area contributed by atoms with E-state index in [4.69, 9.17) is 27.9 Å². The maximum absolute atomic E-state index is 13.1. The zero-order chi connectivity index (χ0) is 21.3. The van der Waals surface area contributed by atoms with Gasteiger partial charge in [0.1, 0.15) is 11.6 Å². The van der Waals surface area contributed by atoms with Gasteiger partial charge in [0.2, 0.25) is 0 Å². The monoisotopic (exact) mass is 463 g/mol. The standard InChI is InChI=1S/C21H16Cl2FN3O2S/c1-12-19(9-25-20(28)11-29-18-7-4-14(22)8-16(18)23)30-21-26-17(10-27(12)21)13-2-5-15(24)6-3-13/h2-8,10H,9,11H2,1H3,(H,25,28). The Morgan fingerprint density at radius 2 is 2.00 bits per heavy atom. The maximum Gasteiger partial charge on any atom is 0.258 e. The zero-order valence-corrected chi connectivity index (χ0v) is 18.1. The van der Waals surface area contributed by atoms with Crippen LogP contribution >= 0.6 is 34.5 Å². The number of carbonyl (C=O) groups excluding carboxylic acids is 1. The molecule has 2 aromatic heterocycles. The van der Waals surface area contributed by atoms with E-state index in [9.17, 15) is 9.18 Å². The van der Waals surface area contributed by atoms with Crippen LogP contribution in [0.3, 0.4) is 0 Å². The Labute approximate surface area is 186 Å². The lowest BCUT2D eigenvalue weighted by molar-refractivity contribution is -0.123. The molecule has 2 aromatic carbocycles. The molecule has 1 N–H and O–H groups in total. The van der Waals surface area contributed by atoms with E-state index in [1.807, 2.05) is 17.5 Å². The first-order valence-corrected chi connectivity index (χ1v) is 10.6. The van der Waals surface area contributed by atoms with Crippen molar-refractivity contribution in [2.24, 2.45) is 0 Å². The molecule has 0 radical (unpaired) electrons. The third kappa shape index (κ3) is 4.43. The van der Waals surface area contributed by atoms with E-state index in [1.165, 1.54) is 23.5 Å². The maximum atomic E-state index is 13.1. The predicted octanol–water partition coefficient (Wildman–Crippen LogP) is 5.51. The first-order valence-electron chi connectivity index (χ1n) is 8.98. The second-order valence-corrected chi connectivity index (χ2v) is 8.44. The molecule has 30 heavy (non-hydrogen) atoms. The number of nitrogens with zero attached hydrogens (tertiary/aromatic N) is 2. The van der Waals surface area contributed by atoms with Gasteiger partial charge in [-0.15, -0.1) is 0 Å². The number of amides is 1. The smallest absolute Gasteiger partial charge is 0.258 e. The molecular weight excluding hydrogens is 448 g/mol. The van der Waals surface area contributed by atoms with E-state index in [0.29, 0.717) is 22.3 Å². The Morgan fingerprint density at radius 1 is 1.23 bits per heavy atom. The molecule has 0 atom stereocenters. The second kappa shape index (κ2) is 8.63. The van der Waals surface area contributed by atoms with Gasteiger partial charge in [0.25, 0.3) is 5.91 Å². The summed E-state index contributed by atoms with van der Waals surface area (Å²) in [7, 11) is 0. The van der Waals surface area contributed by atoms with Gasteiger partial charge in [0, 0.05) is 27.4 Å². The van der Waals surface area contributed by atoms with Crippen LogP contribution in [0.2, 0.25) is 10.0 Å². The van der Waals surface area contributed by atoms with Gasteiger partial charge in [-0.05, 0) is 49.4 Å². The third-order valence-electron chi connectivity index (χ3n) is 4.49. The van der Waals surface area contributed by atoms with Crippen LogP contribution in [-0.4, -0.2) is 21.9 Å². The summed E-state index contributed by atoms with van der Waals surface area (Å²) in [6, 6.07) is 11.0. The highest BCUT2D eigenvalue weighted by molar-refractivity contribution is 7.17. The Hall–Kier alpha value is -2.61. The first-order chi connectivity index (χ1) is 14.4. The van der Waals surface area contributed by atoms with Crippen molar-refractivity contribution >= 4 is 45.4 Å². The van der Waals surface area contributed by atoms with E-state index >= 15 is 0 Å². The number of rotatable bonds is 6. The first kappa shape index (κ1) is 20.7. The number of hydrogen-bond donors (Lipinski definition) is 1. The molecule has 4 aromatic rings. The average Bonchev–Trinajstić information content (AvgIpc) is 3.25. The molecule has 154 valence electrons. The lowest BCUT2D eigenvalue weighted by atomic mass is 10.2. The molecule has 0 unspecified atom stereocenters. The Bertz CT molecular complexity index is 1220. The van der Waals surface area contributed by atoms with Gasteiger partial charge >= 0.3 is 0 Å². The summed E-state index contributed by atoms with van der Waals surface area (Å²) in [5, 5.41) is 3.69. The normalized spacial score (nSPS) is 11.1. The summed E-state index contributed by atoms with van der Waals surface area (Å²) in [5.74, 6) is -0.148. The number of benzene rings is 2. The molecule has 0 aliphatic rings. The van der Waals surface area contributed by atoms with Crippen LogP contribution < -0.4 is 10.1 Å². The summed E-state index contributed by atoms with van der Waals surface area (Å²) >= 11 is 13.4. The fourth-order valence-electron chi connectivity index (χ4n) is 2.88. The van der Waals surface area contributed by atoms with Gasteiger partial charge in [0.05, 0.1) is 17.3 Å². The number of aromatic nitrogens is 2. The summed E-state index contributed by atoms with van der Waals surface area (Å²) in [4.78, 5) is 18.5. The summed E-state index contributed by atoms with van der Waals surface area (Å²) in [5.41, 5.74) is 2.60. The van der Waals surface area contributed by atoms with E-state index in [-0.39, 0.29) is 18.3 Å². The lowest BCUT2D eigenvalue weighted by Gasteiger charge is -2.08. The molecule has 2 heterocycles. The van der Waals surface area contributed by atoms with Crippen LogP contribution in [0, 0.1) is 12.7 Å². The van der Waals surface area contributed by atoms with Crippen LogP contribution in [-0.2, 0) is 11.3 Å². The number of aryl methyl sites for hydroxylation is 1. The topological polar surface area (TPSA) is 55.6 Å². The van der Waals surface area contributed by atoms with Crippen molar-refractivity contribution in [3.63, 3.8) is 0 Å². The van der Waals surface area contributed by atoms with E-state index in [1.54, 1.807) is 30.3 Å². The second-order valence-electron chi connectivity index (χ2n) is 6.54. The Balaban J connectivity index is 1.39. The highest BCUT2D eigenvalue weighted by atomic mass is 35.5. The molecule has 0 bridgehead atoms. The molecule has 0 aliphatic heterocycles. The van der Waals surface area contributed by atoms with Crippen molar-refractivity contribution in [3.05, 3.63) is 75.1 Å². The van der Waals surface area contributed by atoms with Gasteiger partial charge < -0.3 is 10.1 Å². The molecule has 0 fully saturated rings. The largest absolute Gasteiger partial charge is 0.482 e. The molecule has 9 heteroatoms. The van der Waals surface area contributed by atoms with Crippen molar-refractivity contribution in [3.8, 4) is 17.0 Å². The highest BCUT2D eigenvalue weighted by Crippen LogP contribution is 2.28. The van der Waals surface area contributed by atoms with Crippen molar-refractivity contribution in [1.29, 1.82) is 0 Å². The van der Waals surface area contributed by atoms with Crippen LogP contribution in [0.25, 0.3) is 16.2 Å². The van der Waals surface area contributed by atoms with Crippen LogP contribution in [0.15, 0.2) is 48.7 Å². The molecule has 1 amide bonds. The van der Waals surface area contributed by atoms with Crippen LogP contribution in [0.5, 0.6) is 5.75 Å². The van der Waals surface area contributed by atoms with Crippen LogP contribution in [0.1, 0.15) is 10.6 Å². The quantitative estimate of drug-likeness (QED) is 0.409. The number of thiazole rings is 1. The summed E-state index contributed by atoms with van der Waals surface area (Å²) < 4.78 is 20.5. The van der Waals surface area contributed by atoms with Gasteiger partial charge in [-0.1, -0.05) is 34.5 Å². The zero-order valence-electron chi connectivity index (χ0n) is 15.8. The van der Waals surface area contributed by atoms with E-state index in [2.05, 4.69) is 10.3 Å². The fraction of sp³-hybridized carbons (Fsp3) is 0.143. The predicted molar refractivity (Wildman–Crippen MR) is 117 cm³/mol. The molecular formula is C21H16Cl2FN3O2S.